The number of nitrogens with one attached hydrogen (secondary N) is 2. The fraction of sp³-hybridized carbons (Fsp3) is 0.692. The zero-order chi connectivity index (χ0) is 15.2. The van der Waals surface area contributed by atoms with Gasteiger partial charge in [0.05, 0.1) is 0 Å². The van der Waals surface area contributed by atoms with Gasteiger partial charge in [0.1, 0.15) is 5.01 Å². The fourth-order valence-electron chi connectivity index (χ4n) is 2.36. The predicted octanol–water partition coefficient (Wildman–Crippen LogP) is 1.62. The molecule has 7 nitrogen and oxygen atoms in total. The van der Waals surface area contributed by atoms with Crippen molar-refractivity contribution in [2.75, 3.05) is 18.4 Å². The van der Waals surface area contributed by atoms with Crippen molar-refractivity contribution in [3.8, 4) is 0 Å². The molecule has 1 saturated heterocycles. The van der Waals surface area contributed by atoms with Crippen LogP contribution in [0.25, 0.3) is 0 Å². The van der Waals surface area contributed by atoms with E-state index in [4.69, 9.17) is 0 Å². The van der Waals surface area contributed by atoms with Gasteiger partial charge in [-0.15, -0.1) is 10.2 Å². The maximum absolute atomic E-state index is 12.2. The van der Waals surface area contributed by atoms with E-state index < -0.39 is 0 Å². The Balaban J connectivity index is 1.88. The van der Waals surface area contributed by atoms with E-state index >= 15 is 0 Å². The smallest absolute Gasteiger partial charge is 0.323 e. The summed E-state index contributed by atoms with van der Waals surface area (Å²) >= 11 is 1.41. The van der Waals surface area contributed by atoms with E-state index in [2.05, 4.69) is 27.8 Å². The molecule has 1 aliphatic rings. The Morgan fingerprint density at radius 1 is 1.43 bits per heavy atom. The van der Waals surface area contributed by atoms with Crippen LogP contribution in [0.1, 0.15) is 38.1 Å². The van der Waals surface area contributed by atoms with Gasteiger partial charge in [0, 0.05) is 32.5 Å². The Morgan fingerprint density at radius 3 is 2.95 bits per heavy atom. The molecule has 0 bridgehead atoms. The number of amides is 3. The predicted molar refractivity (Wildman–Crippen MR) is 81.3 cm³/mol. The summed E-state index contributed by atoms with van der Waals surface area (Å²) in [7, 11) is 0. The molecule has 1 fully saturated rings. The van der Waals surface area contributed by atoms with Crippen molar-refractivity contribution in [1.29, 1.82) is 0 Å². The van der Waals surface area contributed by atoms with E-state index in [-0.39, 0.29) is 18.0 Å². The van der Waals surface area contributed by atoms with E-state index in [1.54, 1.807) is 4.90 Å². The number of anilines is 1. The lowest BCUT2D eigenvalue weighted by atomic mass is 10.1. The van der Waals surface area contributed by atoms with Crippen LogP contribution in [0.3, 0.4) is 0 Å². The zero-order valence-corrected chi connectivity index (χ0v) is 13.2. The van der Waals surface area contributed by atoms with Gasteiger partial charge in [0.25, 0.3) is 0 Å². The van der Waals surface area contributed by atoms with Gasteiger partial charge >= 0.3 is 6.03 Å². The average molecular weight is 311 g/mol. The summed E-state index contributed by atoms with van der Waals surface area (Å²) in [6.45, 7) is 4.81. The third kappa shape index (κ3) is 4.66. The molecule has 2 heterocycles. The molecule has 0 saturated carbocycles. The SMILES string of the molecule is CCCc1nnc(NC(=O)N2CCCC(NC(C)=O)C2)s1. The van der Waals surface area contributed by atoms with Crippen LogP contribution in [0.5, 0.6) is 0 Å². The molecule has 21 heavy (non-hydrogen) atoms. The number of rotatable bonds is 4. The second-order valence-corrected chi connectivity index (χ2v) is 6.23. The van der Waals surface area contributed by atoms with Crippen LogP contribution in [0.15, 0.2) is 0 Å². The van der Waals surface area contributed by atoms with Gasteiger partial charge in [-0.05, 0) is 19.3 Å². The first kappa shape index (κ1) is 15.7. The molecule has 0 radical (unpaired) electrons. The maximum Gasteiger partial charge on any atom is 0.323 e. The van der Waals surface area contributed by atoms with E-state index in [1.807, 2.05) is 0 Å². The van der Waals surface area contributed by atoms with E-state index in [0.29, 0.717) is 18.2 Å². The molecular weight excluding hydrogens is 290 g/mol. The first-order valence-corrected chi connectivity index (χ1v) is 8.05. The molecule has 0 spiro atoms. The topological polar surface area (TPSA) is 87.2 Å². The molecule has 2 rings (SSSR count). The Bertz CT molecular complexity index is 505. The summed E-state index contributed by atoms with van der Waals surface area (Å²) in [5.41, 5.74) is 0. The number of hydrogen-bond donors (Lipinski definition) is 2. The summed E-state index contributed by atoms with van der Waals surface area (Å²) in [5.74, 6) is -0.0596. The van der Waals surface area contributed by atoms with E-state index in [9.17, 15) is 9.59 Å². The molecule has 2 N–H and O–H groups in total. The highest BCUT2D eigenvalue weighted by atomic mass is 32.1. The van der Waals surface area contributed by atoms with Gasteiger partial charge in [-0.25, -0.2) is 4.79 Å². The van der Waals surface area contributed by atoms with Crippen molar-refractivity contribution >= 4 is 28.4 Å². The van der Waals surface area contributed by atoms with Crippen LogP contribution in [0.2, 0.25) is 0 Å². The second kappa shape index (κ2) is 7.35. The first-order valence-electron chi connectivity index (χ1n) is 7.24. The molecule has 0 aromatic carbocycles. The van der Waals surface area contributed by atoms with Gasteiger partial charge in [-0.2, -0.15) is 0 Å². The monoisotopic (exact) mass is 311 g/mol. The largest absolute Gasteiger partial charge is 0.352 e. The Morgan fingerprint density at radius 2 is 2.24 bits per heavy atom. The van der Waals surface area contributed by atoms with Gasteiger partial charge in [-0.3, -0.25) is 10.1 Å². The summed E-state index contributed by atoms with van der Waals surface area (Å²) in [6.07, 6.45) is 3.67. The van der Waals surface area contributed by atoms with Crippen molar-refractivity contribution in [3.63, 3.8) is 0 Å². The minimum atomic E-state index is -0.177. The third-order valence-electron chi connectivity index (χ3n) is 3.26. The van der Waals surface area contributed by atoms with Crippen LogP contribution in [-0.2, 0) is 11.2 Å². The molecule has 1 aromatic rings. The van der Waals surface area contributed by atoms with Crippen molar-refractivity contribution < 1.29 is 9.59 Å². The number of likely N-dealkylation sites (tertiary alicyclic amines) is 1. The summed E-state index contributed by atoms with van der Waals surface area (Å²) in [5, 5.41) is 15.1. The Kier molecular flexibility index (Phi) is 5.49. The standard InChI is InChI=1S/C13H21N5O2S/c1-3-5-11-16-17-12(21-11)15-13(20)18-7-4-6-10(8-18)14-9(2)19/h10H,3-8H2,1-2H3,(H,14,19)(H,15,17,20). The first-order chi connectivity index (χ1) is 10.1. The number of carbonyl (C=O) groups excluding carboxylic acids is 2. The fourth-order valence-corrected chi connectivity index (χ4v) is 3.19. The number of aromatic nitrogens is 2. The quantitative estimate of drug-likeness (QED) is 0.884. The summed E-state index contributed by atoms with van der Waals surface area (Å²) < 4.78 is 0. The highest BCUT2D eigenvalue weighted by Crippen LogP contribution is 2.18. The van der Waals surface area contributed by atoms with Gasteiger partial charge in [0.15, 0.2) is 0 Å². The molecule has 116 valence electrons. The minimum Gasteiger partial charge on any atom is -0.352 e. The van der Waals surface area contributed by atoms with E-state index in [0.717, 1.165) is 30.7 Å². The average Bonchev–Trinajstić information content (AvgIpc) is 2.86. The second-order valence-electron chi connectivity index (χ2n) is 5.17. The highest BCUT2D eigenvalue weighted by Gasteiger charge is 2.24. The van der Waals surface area contributed by atoms with Crippen molar-refractivity contribution in [3.05, 3.63) is 5.01 Å². The molecule has 1 aliphatic heterocycles. The van der Waals surface area contributed by atoms with Crippen molar-refractivity contribution in [1.82, 2.24) is 20.4 Å². The van der Waals surface area contributed by atoms with Crippen LogP contribution in [-0.4, -0.2) is 46.2 Å². The molecule has 0 aliphatic carbocycles. The Labute approximate surface area is 128 Å². The maximum atomic E-state index is 12.2. The number of urea groups is 1. The normalized spacial score (nSPS) is 18.4. The number of aryl methyl sites for hydroxylation is 1. The van der Waals surface area contributed by atoms with Crippen LogP contribution < -0.4 is 10.6 Å². The zero-order valence-electron chi connectivity index (χ0n) is 12.4. The number of nitrogens with zero attached hydrogens (tertiary/aromatic N) is 3. The summed E-state index contributed by atoms with van der Waals surface area (Å²) in [4.78, 5) is 25.0. The van der Waals surface area contributed by atoms with Crippen molar-refractivity contribution in [2.24, 2.45) is 0 Å². The lowest BCUT2D eigenvalue weighted by Gasteiger charge is -2.32. The molecule has 1 atom stereocenters. The summed E-state index contributed by atoms with van der Waals surface area (Å²) in [6, 6.07) is -0.142. The Hall–Kier alpha value is -1.70. The number of hydrogen-bond acceptors (Lipinski definition) is 5. The van der Waals surface area contributed by atoms with Crippen LogP contribution in [0, 0.1) is 0 Å². The molecule has 1 aromatic heterocycles. The van der Waals surface area contributed by atoms with Gasteiger partial charge < -0.3 is 10.2 Å². The van der Waals surface area contributed by atoms with E-state index in [1.165, 1.54) is 18.3 Å². The number of piperidine rings is 1. The van der Waals surface area contributed by atoms with Crippen LogP contribution in [0.4, 0.5) is 9.93 Å². The highest BCUT2D eigenvalue weighted by molar-refractivity contribution is 7.15. The number of carbonyl (C=O) groups is 2. The third-order valence-corrected chi connectivity index (χ3v) is 4.16. The molecule has 8 heteroatoms. The lowest BCUT2D eigenvalue weighted by Crippen LogP contribution is -2.50. The lowest BCUT2D eigenvalue weighted by molar-refractivity contribution is -0.119. The minimum absolute atomic E-state index is 0.0343. The molecule has 1 unspecified atom stereocenters. The van der Waals surface area contributed by atoms with Gasteiger partial charge in [0.2, 0.25) is 11.0 Å². The van der Waals surface area contributed by atoms with Crippen molar-refractivity contribution in [2.45, 2.75) is 45.6 Å². The van der Waals surface area contributed by atoms with Gasteiger partial charge in [-0.1, -0.05) is 18.3 Å². The molecule has 3 amide bonds. The van der Waals surface area contributed by atoms with Crippen LogP contribution >= 0.6 is 11.3 Å². The molecular formula is C13H21N5O2S.